The summed E-state index contributed by atoms with van der Waals surface area (Å²) in [4.78, 5) is 29.2. The van der Waals surface area contributed by atoms with Crippen molar-refractivity contribution in [3.8, 4) is 11.3 Å². The number of benzene rings is 2. The van der Waals surface area contributed by atoms with Gasteiger partial charge in [0, 0.05) is 41.7 Å². The van der Waals surface area contributed by atoms with Crippen molar-refractivity contribution in [3.05, 3.63) is 70.7 Å². The topological polar surface area (TPSA) is 58.4 Å². The average Bonchev–Trinajstić information content (AvgIpc) is 3.27. The highest BCUT2D eigenvalue weighted by molar-refractivity contribution is 6.30. The van der Waals surface area contributed by atoms with Crippen molar-refractivity contribution >= 4 is 29.2 Å². The molecule has 2 aromatic carbocycles. The molecule has 0 saturated carbocycles. The van der Waals surface area contributed by atoms with Crippen LogP contribution in [0.3, 0.4) is 0 Å². The number of aromatic nitrogens is 2. The lowest BCUT2D eigenvalue weighted by molar-refractivity contribution is -0.119. The van der Waals surface area contributed by atoms with Gasteiger partial charge in [0.25, 0.3) is 5.91 Å². The van der Waals surface area contributed by atoms with Crippen LogP contribution in [0, 0.1) is 0 Å². The van der Waals surface area contributed by atoms with Crippen molar-refractivity contribution in [1.29, 1.82) is 0 Å². The predicted molar refractivity (Wildman–Crippen MR) is 125 cm³/mol. The molecule has 2 aliphatic rings. The lowest BCUT2D eigenvalue weighted by Crippen LogP contribution is -2.37. The molecule has 7 heteroatoms. The van der Waals surface area contributed by atoms with Crippen molar-refractivity contribution in [1.82, 2.24) is 14.7 Å². The quantitative estimate of drug-likeness (QED) is 0.577. The Kier molecular flexibility index (Phi) is 5.70. The first kappa shape index (κ1) is 20.8. The number of amides is 2. The number of rotatable bonds is 4. The molecule has 0 atom stereocenters. The Bertz CT molecular complexity index is 1130. The number of hydrogen-bond donors (Lipinski definition) is 0. The van der Waals surface area contributed by atoms with Crippen LogP contribution in [0.4, 0.5) is 5.82 Å². The van der Waals surface area contributed by atoms with Gasteiger partial charge in [-0.3, -0.25) is 14.5 Å². The molecule has 6 nitrogen and oxygen atoms in total. The summed E-state index contributed by atoms with van der Waals surface area (Å²) < 4.78 is 1.89. The number of likely N-dealkylation sites (tertiary alicyclic amines) is 1. The van der Waals surface area contributed by atoms with Gasteiger partial charge in [-0.2, -0.15) is 5.10 Å². The van der Waals surface area contributed by atoms with Gasteiger partial charge in [0.05, 0.1) is 18.8 Å². The molecule has 0 N–H and O–H groups in total. The standard InChI is InChI=1S/C25H25ClN4O2/c26-21-10-8-19(9-11-21)22-16-23-29(24(31)12-15-30(23)27-22)17-18-4-6-20(7-5-18)25(32)28-13-2-1-3-14-28/h4-11,16H,1-3,12-15,17H2. The van der Waals surface area contributed by atoms with Crippen LogP contribution in [0.2, 0.25) is 5.02 Å². The molecule has 0 unspecified atom stereocenters. The van der Waals surface area contributed by atoms with E-state index in [0.717, 1.165) is 48.6 Å². The van der Waals surface area contributed by atoms with Gasteiger partial charge in [0.2, 0.25) is 5.91 Å². The van der Waals surface area contributed by atoms with Crippen LogP contribution in [0.25, 0.3) is 11.3 Å². The number of anilines is 1. The van der Waals surface area contributed by atoms with Crippen LogP contribution >= 0.6 is 11.6 Å². The summed E-state index contributed by atoms with van der Waals surface area (Å²) in [7, 11) is 0. The number of aryl methyl sites for hydroxylation is 1. The summed E-state index contributed by atoms with van der Waals surface area (Å²) in [6, 6.07) is 17.1. The van der Waals surface area contributed by atoms with Crippen molar-refractivity contribution in [2.45, 2.75) is 38.8 Å². The van der Waals surface area contributed by atoms with Crippen molar-refractivity contribution < 1.29 is 9.59 Å². The zero-order chi connectivity index (χ0) is 22.1. The molecule has 0 bridgehead atoms. The summed E-state index contributed by atoms with van der Waals surface area (Å²) in [5, 5.41) is 5.37. The summed E-state index contributed by atoms with van der Waals surface area (Å²) >= 11 is 6.01. The SMILES string of the molecule is O=C(c1ccc(CN2C(=O)CCn3nc(-c4ccc(Cl)cc4)cc32)cc1)N1CCCCC1. The first-order valence-electron chi connectivity index (χ1n) is 11.1. The number of carbonyl (C=O) groups is 2. The van der Waals surface area contributed by atoms with E-state index in [1.54, 1.807) is 4.90 Å². The number of hydrogen-bond acceptors (Lipinski definition) is 3. The highest BCUT2D eigenvalue weighted by atomic mass is 35.5. The van der Waals surface area contributed by atoms with Crippen LogP contribution in [-0.4, -0.2) is 39.6 Å². The van der Waals surface area contributed by atoms with Crippen LogP contribution in [0.15, 0.2) is 54.6 Å². The third-order valence-electron chi connectivity index (χ3n) is 6.20. The average molecular weight is 449 g/mol. The maximum atomic E-state index is 12.7. The lowest BCUT2D eigenvalue weighted by Gasteiger charge is -2.28. The molecule has 1 fully saturated rings. The molecule has 0 spiro atoms. The molecule has 1 saturated heterocycles. The van der Waals surface area contributed by atoms with Gasteiger partial charge in [-0.1, -0.05) is 35.9 Å². The van der Waals surface area contributed by atoms with Crippen molar-refractivity contribution in [2.75, 3.05) is 18.0 Å². The molecule has 3 aromatic rings. The van der Waals surface area contributed by atoms with E-state index in [2.05, 4.69) is 0 Å². The van der Waals surface area contributed by atoms with E-state index in [9.17, 15) is 9.59 Å². The first-order chi connectivity index (χ1) is 15.6. The fraction of sp³-hybridized carbons (Fsp3) is 0.320. The van der Waals surface area contributed by atoms with Gasteiger partial charge in [0.1, 0.15) is 5.82 Å². The van der Waals surface area contributed by atoms with Gasteiger partial charge in [-0.25, -0.2) is 4.68 Å². The van der Waals surface area contributed by atoms with Crippen LogP contribution < -0.4 is 4.90 Å². The number of nitrogens with zero attached hydrogens (tertiary/aromatic N) is 4. The summed E-state index contributed by atoms with van der Waals surface area (Å²) in [5.41, 5.74) is 3.47. The van der Waals surface area contributed by atoms with E-state index in [1.165, 1.54) is 6.42 Å². The van der Waals surface area contributed by atoms with Crippen molar-refractivity contribution in [2.24, 2.45) is 0 Å². The third-order valence-corrected chi connectivity index (χ3v) is 6.45. The molecule has 164 valence electrons. The number of carbonyl (C=O) groups excluding carboxylic acids is 2. The Labute approximate surface area is 192 Å². The Hall–Kier alpha value is -3.12. The molecule has 2 amide bonds. The second kappa shape index (κ2) is 8.79. The Morgan fingerprint density at radius 1 is 0.938 bits per heavy atom. The fourth-order valence-corrected chi connectivity index (χ4v) is 4.52. The third kappa shape index (κ3) is 4.15. The van der Waals surface area contributed by atoms with E-state index in [1.807, 2.05) is 64.2 Å². The molecule has 1 aromatic heterocycles. The normalized spacial score (nSPS) is 16.2. The molecule has 2 aliphatic heterocycles. The largest absolute Gasteiger partial charge is 0.339 e. The van der Waals surface area contributed by atoms with E-state index >= 15 is 0 Å². The molecule has 0 radical (unpaired) electrons. The fourth-order valence-electron chi connectivity index (χ4n) is 4.40. The maximum Gasteiger partial charge on any atom is 0.253 e. The number of fused-ring (bicyclic) bond motifs is 1. The number of piperidine rings is 1. The monoisotopic (exact) mass is 448 g/mol. The minimum Gasteiger partial charge on any atom is -0.339 e. The van der Waals surface area contributed by atoms with Crippen molar-refractivity contribution in [3.63, 3.8) is 0 Å². The smallest absolute Gasteiger partial charge is 0.253 e. The number of halogens is 1. The second-order valence-corrected chi connectivity index (χ2v) is 8.83. The first-order valence-corrected chi connectivity index (χ1v) is 11.5. The van der Waals surface area contributed by atoms with E-state index in [-0.39, 0.29) is 11.8 Å². The molecular weight excluding hydrogens is 424 g/mol. The summed E-state index contributed by atoms with van der Waals surface area (Å²) in [5.74, 6) is 0.962. The van der Waals surface area contributed by atoms with Gasteiger partial charge >= 0.3 is 0 Å². The maximum absolute atomic E-state index is 12.7. The van der Waals surface area contributed by atoms with Crippen LogP contribution in [-0.2, 0) is 17.9 Å². The summed E-state index contributed by atoms with van der Waals surface area (Å²) in [6.45, 7) is 2.69. The highest BCUT2D eigenvalue weighted by Gasteiger charge is 2.27. The molecule has 0 aliphatic carbocycles. The summed E-state index contributed by atoms with van der Waals surface area (Å²) in [6.07, 6.45) is 3.77. The highest BCUT2D eigenvalue weighted by Crippen LogP contribution is 2.30. The van der Waals surface area contributed by atoms with E-state index in [0.29, 0.717) is 30.1 Å². The Morgan fingerprint density at radius 3 is 2.38 bits per heavy atom. The molecule has 32 heavy (non-hydrogen) atoms. The minimum absolute atomic E-state index is 0.0773. The van der Waals surface area contributed by atoms with Crippen LogP contribution in [0.1, 0.15) is 41.6 Å². The molecule has 3 heterocycles. The van der Waals surface area contributed by atoms with Gasteiger partial charge in [-0.05, 0) is 49.1 Å². The second-order valence-electron chi connectivity index (χ2n) is 8.40. The minimum atomic E-state index is 0.0773. The van der Waals surface area contributed by atoms with E-state index < -0.39 is 0 Å². The molecule has 5 rings (SSSR count). The Morgan fingerprint density at radius 2 is 1.66 bits per heavy atom. The van der Waals surface area contributed by atoms with Gasteiger partial charge in [0.15, 0.2) is 0 Å². The van der Waals surface area contributed by atoms with Gasteiger partial charge in [-0.15, -0.1) is 0 Å². The Balaban J connectivity index is 1.35. The van der Waals surface area contributed by atoms with Gasteiger partial charge < -0.3 is 4.90 Å². The molecular formula is C25H25ClN4O2. The lowest BCUT2D eigenvalue weighted by atomic mass is 10.1. The van der Waals surface area contributed by atoms with Crippen LogP contribution in [0.5, 0.6) is 0 Å². The zero-order valence-electron chi connectivity index (χ0n) is 17.8. The predicted octanol–water partition coefficient (Wildman–Crippen LogP) is 4.77. The zero-order valence-corrected chi connectivity index (χ0v) is 18.6. The van der Waals surface area contributed by atoms with E-state index in [4.69, 9.17) is 16.7 Å².